The Kier molecular flexibility index (Phi) is 3.67. The Labute approximate surface area is 162 Å². The number of carbonyl (C=O) groups is 1. The largest absolute Gasteiger partial charge is 0.348 e. The Balaban J connectivity index is 1.60. The van der Waals surface area contributed by atoms with Crippen LogP contribution in [-0.4, -0.2) is 37.4 Å². The molecule has 0 saturated heterocycles. The highest BCUT2D eigenvalue weighted by Gasteiger charge is 2.30. The highest BCUT2D eigenvalue weighted by atomic mass is 32.2. The zero-order valence-electron chi connectivity index (χ0n) is 15.2. The van der Waals surface area contributed by atoms with Crippen molar-refractivity contribution in [2.75, 3.05) is 11.4 Å². The van der Waals surface area contributed by atoms with Crippen LogP contribution in [0, 0.1) is 0 Å². The summed E-state index contributed by atoms with van der Waals surface area (Å²) in [4.78, 5) is 21.3. The summed E-state index contributed by atoms with van der Waals surface area (Å²) in [6.45, 7) is 0. The van der Waals surface area contributed by atoms with Gasteiger partial charge in [-0.15, -0.1) is 0 Å². The van der Waals surface area contributed by atoms with Gasteiger partial charge in [0.1, 0.15) is 5.69 Å². The Bertz CT molecular complexity index is 1240. The number of hydrogen-bond donors (Lipinski definition) is 1. The maximum Gasteiger partial charge on any atom is 0.270 e. The molecule has 8 heteroatoms. The van der Waals surface area contributed by atoms with Crippen molar-refractivity contribution in [1.29, 1.82) is 0 Å². The number of carbonyl (C=O) groups excluding carboxylic acids is 1. The average molecular weight is 394 g/mol. The van der Waals surface area contributed by atoms with Gasteiger partial charge in [0.05, 0.1) is 17.0 Å². The Hall–Kier alpha value is -3.00. The second kappa shape index (κ2) is 6.00. The molecule has 1 amide bonds. The van der Waals surface area contributed by atoms with Crippen molar-refractivity contribution < 1.29 is 13.2 Å². The summed E-state index contributed by atoms with van der Waals surface area (Å²) >= 11 is 0. The zero-order valence-corrected chi connectivity index (χ0v) is 16.0. The van der Waals surface area contributed by atoms with Gasteiger partial charge >= 0.3 is 0 Å². The minimum Gasteiger partial charge on any atom is -0.348 e. The van der Waals surface area contributed by atoms with Gasteiger partial charge in [-0.3, -0.25) is 14.1 Å². The van der Waals surface area contributed by atoms with Gasteiger partial charge in [-0.2, -0.15) is 0 Å². The smallest absolute Gasteiger partial charge is 0.270 e. The van der Waals surface area contributed by atoms with Crippen molar-refractivity contribution in [2.45, 2.75) is 24.6 Å². The van der Waals surface area contributed by atoms with Crippen molar-refractivity contribution in [3.05, 3.63) is 54.0 Å². The van der Waals surface area contributed by atoms with E-state index >= 15 is 0 Å². The third kappa shape index (κ3) is 2.80. The van der Waals surface area contributed by atoms with Crippen molar-refractivity contribution in [3.8, 4) is 11.1 Å². The molecule has 1 fully saturated rings. The molecule has 1 saturated carbocycles. The quantitative estimate of drug-likeness (QED) is 0.737. The normalized spacial score (nSPS) is 17.5. The van der Waals surface area contributed by atoms with E-state index < -0.39 is 10.0 Å². The molecule has 0 spiro atoms. The van der Waals surface area contributed by atoms with Crippen LogP contribution in [0.1, 0.15) is 28.9 Å². The predicted octanol–water partition coefficient (Wildman–Crippen LogP) is 2.47. The van der Waals surface area contributed by atoms with Crippen LogP contribution in [0.2, 0.25) is 0 Å². The molecule has 1 aliphatic carbocycles. The number of nitrogens with zero attached hydrogens (tertiary/aromatic N) is 3. The lowest BCUT2D eigenvalue weighted by Crippen LogP contribution is -2.26. The number of aromatic nitrogens is 2. The molecule has 0 radical (unpaired) electrons. The number of sulfonamides is 1. The van der Waals surface area contributed by atoms with Crippen LogP contribution in [0.5, 0.6) is 0 Å². The average Bonchev–Trinajstić information content (AvgIpc) is 3.46. The first kappa shape index (κ1) is 17.1. The molecule has 1 aromatic carbocycles. The second-order valence-electron chi connectivity index (χ2n) is 7.27. The molecular formula is C20H18N4O3S. The van der Waals surface area contributed by atoms with Gasteiger partial charge in [0.15, 0.2) is 0 Å². The van der Waals surface area contributed by atoms with E-state index in [1.807, 2.05) is 18.2 Å². The number of rotatable bonds is 3. The summed E-state index contributed by atoms with van der Waals surface area (Å²) in [6.07, 6.45) is 5.44. The first-order valence-corrected chi connectivity index (χ1v) is 10.7. The lowest BCUT2D eigenvalue weighted by atomic mass is 10.0. The van der Waals surface area contributed by atoms with Gasteiger partial charge < -0.3 is 5.32 Å². The third-order valence-electron chi connectivity index (χ3n) is 5.23. The van der Waals surface area contributed by atoms with E-state index in [-0.39, 0.29) is 17.7 Å². The highest BCUT2D eigenvalue weighted by Crippen LogP contribution is 2.36. The van der Waals surface area contributed by atoms with Crippen LogP contribution in [0.15, 0.2) is 42.7 Å². The molecule has 7 nitrogen and oxygen atoms in total. The highest BCUT2D eigenvalue weighted by molar-refractivity contribution is 7.92. The van der Waals surface area contributed by atoms with Gasteiger partial charge in [0.2, 0.25) is 10.0 Å². The molecule has 0 unspecified atom stereocenters. The van der Waals surface area contributed by atoms with Crippen LogP contribution in [-0.2, 0) is 15.8 Å². The number of hydrogen-bond acceptors (Lipinski definition) is 5. The van der Waals surface area contributed by atoms with E-state index in [4.69, 9.17) is 0 Å². The van der Waals surface area contributed by atoms with Crippen LogP contribution in [0.25, 0.3) is 22.0 Å². The van der Waals surface area contributed by atoms with Gasteiger partial charge in [-0.1, -0.05) is 6.07 Å². The number of benzene rings is 1. The SMILES string of the molecule is CN1c2ccc(-c3cncc4ccc(C(=O)NC5CC5)nc34)cc2CS1(=O)=O. The maximum atomic E-state index is 12.4. The summed E-state index contributed by atoms with van der Waals surface area (Å²) in [5.74, 6) is -0.193. The summed E-state index contributed by atoms with van der Waals surface area (Å²) in [5, 5.41) is 3.78. The molecule has 1 N–H and O–H groups in total. The van der Waals surface area contributed by atoms with Gasteiger partial charge in [0.25, 0.3) is 5.91 Å². The lowest BCUT2D eigenvalue weighted by molar-refractivity contribution is 0.0946. The van der Waals surface area contributed by atoms with Gasteiger partial charge in [0, 0.05) is 36.4 Å². The van der Waals surface area contributed by atoms with Crippen molar-refractivity contribution >= 4 is 32.5 Å². The summed E-state index contributed by atoms with van der Waals surface area (Å²) < 4.78 is 25.6. The fourth-order valence-corrected chi connectivity index (χ4v) is 4.78. The monoisotopic (exact) mass is 394 g/mol. The molecule has 0 bridgehead atoms. The number of amides is 1. The Morgan fingerprint density at radius 2 is 2.00 bits per heavy atom. The molecule has 2 aliphatic rings. The third-order valence-corrected chi connectivity index (χ3v) is 6.94. The first-order valence-electron chi connectivity index (χ1n) is 9.08. The van der Waals surface area contributed by atoms with Crippen LogP contribution < -0.4 is 9.62 Å². The Morgan fingerprint density at radius 3 is 2.79 bits per heavy atom. The molecule has 2 aromatic heterocycles. The van der Waals surface area contributed by atoms with Crippen molar-refractivity contribution in [1.82, 2.24) is 15.3 Å². The minimum absolute atomic E-state index is 0.0205. The molecular weight excluding hydrogens is 376 g/mol. The van der Waals surface area contributed by atoms with E-state index in [2.05, 4.69) is 15.3 Å². The topological polar surface area (TPSA) is 92.3 Å². The van der Waals surface area contributed by atoms with E-state index in [9.17, 15) is 13.2 Å². The van der Waals surface area contributed by atoms with Crippen molar-refractivity contribution in [3.63, 3.8) is 0 Å². The molecule has 142 valence electrons. The second-order valence-corrected chi connectivity index (χ2v) is 9.27. The number of nitrogens with one attached hydrogen (secondary N) is 1. The maximum absolute atomic E-state index is 12.4. The summed E-state index contributed by atoms with van der Waals surface area (Å²) in [5.41, 5.74) is 4.08. The molecule has 3 aromatic rings. The van der Waals surface area contributed by atoms with E-state index in [1.165, 1.54) is 4.31 Å². The van der Waals surface area contributed by atoms with Crippen LogP contribution in [0.4, 0.5) is 5.69 Å². The molecule has 0 atom stereocenters. The van der Waals surface area contributed by atoms with E-state index in [0.717, 1.165) is 34.9 Å². The lowest BCUT2D eigenvalue weighted by Gasteiger charge is -2.12. The molecule has 5 rings (SSSR count). The van der Waals surface area contributed by atoms with E-state index in [0.29, 0.717) is 16.9 Å². The molecule has 3 heterocycles. The number of fused-ring (bicyclic) bond motifs is 2. The molecule has 1 aliphatic heterocycles. The van der Waals surface area contributed by atoms with E-state index in [1.54, 1.807) is 31.6 Å². The van der Waals surface area contributed by atoms with Crippen LogP contribution in [0.3, 0.4) is 0 Å². The number of pyridine rings is 2. The summed E-state index contributed by atoms with van der Waals surface area (Å²) in [6, 6.07) is 9.34. The summed E-state index contributed by atoms with van der Waals surface area (Å²) in [7, 11) is -1.74. The number of anilines is 1. The fraction of sp³-hybridized carbons (Fsp3) is 0.250. The van der Waals surface area contributed by atoms with Gasteiger partial charge in [-0.05, 0) is 48.2 Å². The fourth-order valence-electron chi connectivity index (χ4n) is 3.49. The minimum atomic E-state index is -3.30. The Morgan fingerprint density at radius 1 is 1.18 bits per heavy atom. The van der Waals surface area contributed by atoms with Crippen molar-refractivity contribution in [2.24, 2.45) is 0 Å². The standard InChI is InChI=1S/C20H18N4O3S/c1-24-18-7-3-12(8-14(18)11-28(24,26)27)16-10-21-9-13-2-6-17(23-19(13)16)20(25)22-15-4-5-15/h2-3,6-10,15H,4-5,11H2,1H3,(H,22,25). The zero-order chi connectivity index (χ0) is 19.5. The first-order chi connectivity index (χ1) is 13.4. The van der Waals surface area contributed by atoms with Gasteiger partial charge in [-0.25, -0.2) is 13.4 Å². The molecule has 28 heavy (non-hydrogen) atoms. The van der Waals surface area contributed by atoms with Crippen LogP contribution >= 0.6 is 0 Å². The predicted molar refractivity (Wildman–Crippen MR) is 106 cm³/mol.